The SMILES string of the molecule is c1ccc2c(c1)Cc1ccc3c(c1-2)Cc1ccc2nc4c5cccnc5c5ccncc5n4c2c1-3.c1ccc2c(c1)Cc1ccc3c(c1-2)Cc1ccc2nc4c5ccncc5c5ccncc5n4c2c1-3.c1ccc2c(c1)Cc1ccc3c(c1-2)Cc1ccc2nc4c5cnccc5c5ccncc5n4c2c1-3.c1ccc2c(c1)Cc1ccc3c(c1-2)Cc1ccc2nc4c5ncccc5c5ccncc5n4c2c1-3. The molecule has 16 aromatic heterocycles. The Bertz CT molecular complexity index is 9460. The van der Waals surface area contributed by atoms with Crippen molar-refractivity contribution in [2.75, 3.05) is 0 Å². The molecule has 0 fully saturated rings. The van der Waals surface area contributed by atoms with Gasteiger partial charge in [-0.3, -0.25) is 57.5 Å². The Morgan fingerprint density at radius 1 is 0.171 bits per heavy atom. The molecule has 0 saturated carbocycles. The number of hydrogen-bond acceptors (Lipinski definition) is 12. The maximum atomic E-state index is 5.16. The smallest absolute Gasteiger partial charge is 0.165 e. The van der Waals surface area contributed by atoms with E-state index in [1.807, 2.05) is 98.9 Å². The highest BCUT2D eigenvalue weighted by molar-refractivity contribution is 6.20. The van der Waals surface area contributed by atoms with Gasteiger partial charge in [0.1, 0.15) is 22.5 Å². The number of rotatable bonds is 0. The molecular weight excluding hydrogens is 1710 g/mol. The molecule has 0 atom stereocenters. The molecule has 0 aliphatic heterocycles. The van der Waals surface area contributed by atoms with Crippen LogP contribution in [0.2, 0.25) is 0 Å². The third-order valence-electron chi connectivity index (χ3n) is 31.9. The zero-order valence-electron chi connectivity index (χ0n) is 75.1. The van der Waals surface area contributed by atoms with Gasteiger partial charge in [0.05, 0.1) is 96.5 Å². The number of aromatic nitrogens is 16. The summed E-state index contributed by atoms with van der Waals surface area (Å²) in [5.74, 6) is 0. The van der Waals surface area contributed by atoms with Crippen molar-refractivity contribution in [3.8, 4) is 89.0 Å². The summed E-state index contributed by atoms with van der Waals surface area (Å²) in [6, 6.07) is 92.8. The van der Waals surface area contributed by atoms with E-state index in [9.17, 15) is 0 Å². The fourth-order valence-corrected chi connectivity index (χ4v) is 26.3. The lowest BCUT2D eigenvalue weighted by atomic mass is 9.95. The first-order valence-electron chi connectivity index (χ1n) is 48.2. The number of nitrogens with zero attached hydrogens (tertiary/aromatic N) is 16. The number of hydrogen-bond donors (Lipinski definition) is 0. The molecule has 36 rings (SSSR count). The van der Waals surface area contributed by atoms with Crippen LogP contribution in [0.4, 0.5) is 0 Å². The topological polar surface area (TPSA) is 172 Å². The lowest BCUT2D eigenvalue weighted by Gasteiger charge is -2.11. The molecule has 16 heteroatoms. The molecule has 0 N–H and O–H groups in total. The number of fused-ring (bicyclic) bond motifs is 64. The van der Waals surface area contributed by atoms with E-state index in [1.165, 1.54) is 200 Å². The van der Waals surface area contributed by atoms with Gasteiger partial charge < -0.3 is 0 Å². The molecule has 140 heavy (non-hydrogen) atoms. The van der Waals surface area contributed by atoms with E-state index in [4.69, 9.17) is 29.9 Å². The van der Waals surface area contributed by atoms with Gasteiger partial charge in [-0.2, -0.15) is 0 Å². The lowest BCUT2D eigenvalue weighted by Crippen LogP contribution is -1.95. The second-order valence-corrected chi connectivity index (χ2v) is 38.7. The first kappa shape index (κ1) is 75.1. The van der Waals surface area contributed by atoms with Crippen LogP contribution in [-0.4, -0.2) is 77.4 Å². The highest BCUT2D eigenvalue weighted by Gasteiger charge is 2.38. The van der Waals surface area contributed by atoms with Crippen molar-refractivity contribution < 1.29 is 0 Å². The summed E-state index contributed by atoms with van der Waals surface area (Å²) in [5.41, 5.74) is 63.4. The van der Waals surface area contributed by atoms with Crippen molar-refractivity contribution in [3.63, 3.8) is 0 Å². The summed E-state index contributed by atoms with van der Waals surface area (Å²) in [6.07, 6.45) is 34.5. The van der Waals surface area contributed by atoms with Gasteiger partial charge in [0.25, 0.3) is 0 Å². The van der Waals surface area contributed by atoms with Crippen LogP contribution < -0.4 is 0 Å². The first-order chi connectivity index (χ1) is 69.5. The quantitative estimate of drug-likeness (QED) is 0.132. The van der Waals surface area contributed by atoms with E-state index in [-0.39, 0.29) is 0 Å². The van der Waals surface area contributed by atoms with Gasteiger partial charge in [-0.25, -0.2) is 19.9 Å². The minimum Gasteiger partial charge on any atom is -0.289 e. The third kappa shape index (κ3) is 10.1. The standard InChI is InChI=1S/4C31H18N4/c1-2-5-20-17(4-1)14-18-7-9-22-24(27(18)20)15-19-8-10-25-30(28(19)22)35-26-16-32-13-11-21(26)23-6-3-12-33-29(23)31(35)34-25;1-2-5-20-17(4-1)14-18-7-9-21-24(27(18)20)15-19-8-10-25-30(28(19)21)35-26-16-32-13-11-22(26)29-23(31(35)34-25)6-3-12-33-29;1-2-4-20-17(3-1)13-18-5-7-23-24(28(18)20)14-19-6-8-26-30(29(19)23)35-27-16-33-12-10-22(27)21-9-11-32-15-25(21)31(35)34-26;1-2-4-20-17(3-1)13-18-5-7-22-24(28(18)20)14-19-6-8-26-30(29(19)22)35-27-16-33-11-9-21(27)25-15-32-12-10-23(25)31(35)34-26/h2*1-13,16H,14-15H2;2*1-12,15-16H,13-14H2. The molecule has 8 aliphatic rings. The number of benzene rings is 12. The molecule has 0 spiro atoms. The van der Waals surface area contributed by atoms with Crippen molar-refractivity contribution in [1.82, 2.24) is 77.4 Å². The van der Waals surface area contributed by atoms with Crippen LogP contribution in [-0.2, 0) is 51.4 Å². The Morgan fingerprint density at radius 2 is 0.464 bits per heavy atom. The van der Waals surface area contributed by atoms with Crippen molar-refractivity contribution in [3.05, 3.63) is 431 Å². The Hall–Kier alpha value is -18.3. The van der Waals surface area contributed by atoms with Gasteiger partial charge in [-0.1, -0.05) is 176 Å². The van der Waals surface area contributed by atoms with E-state index in [0.29, 0.717) is 0 Å². The van der Waals surface area contributed by atoms with Crippen LogP contribution in [0.15, 0.2) is 342 Å². The van der Waals surface area contributed by atoms with E-state index < -0.39 is 0 Å². The fourth-order valence-electron chi connectivity index (χ4n) is 26.3. The number of pyridine rings is 12. The summed E-state index contributed by atoms with van der Waals surface area (Å²) < 4.78 is 9.25. The number of imidazole rings is 4. The van der Waals surface area contributed by atoms with E-state index >= 15 is 0 Å². The molecule has 0 radical (unpaired) electrons. The van der Waals surface area contributed by atoms with Gasteiger partial charge >= 0.3 is 0 Å². The molecule has 0 amide bonds. The van der Waals surface area contributed by atoms with Crippen LogP contribution in [0.3, 0.4) is 0 Å². The second kappa shape index (κ2) is 27.7. The minimum absolute atomic E-state index is 0.893. The van der Waals surface area contributed by atoms with Crippen LogP contribution >= 0.6 is 0 Å². The second-order valence-electron chi connectivity index (χ2n) is 38.7. The maximum absolute atomic E-state index is 5.16. The largest absolute Gasteiger partial charge is 0.289 e. The third-order valence-corrected chi connectivity index (χ3v) is 31.9. The van der Waals surface area contributed by atoms with Gasteiger partial charge in [-0.15, -0.1) is 0 Å². The molecule has 28 aromatic rings. The van der Waals surface area contributed by atoms with Gasteiger partial charge in [-0.05, 0) is 291 Å². The van der Waals surface area contributed by atoms with Crippen molar-refractivity contribution in [2.24, 2.45) is 0 Å². The molecule has 648 valence electrons. The van der Waals surface area contributed by atoms with E-state index in [2.05, 4.69) is 290 Å². The summed E-state index contributed by atoms with van der Waals surface area (Å²) in [4.78, 5) is 56.9. The first-order valence-corrected chi connectivity index (χ1v) is 48.2. The Morgan fingerprint density at radius 3 is 0.879 bits per heavy atom. The van der Waals surface area contributed by atoms with Crippen molar-refractivity contribution >= 4 is 154 Å². The zero-order valence-corrected chi connectivity index (χ0v) is 75.1. The monoisotopic (exact) mass is 1780 g/mol. The summed E-state index contributed by atoms with van der Waals surface area (Å²) in [5, 5.41) is 11.2. The van der Waals surface area contributed by atoms with Gasteiger partial charge in [0.15, 0.2) is 5.65 Å². The molecule has 0 saturated heterocycles. The van der Waals surface area contributed by atoms with Crippen molar-refractivity contribution in [1.29, 1.82) is 0 Å². The molecule has 0 unspecified atom stereocenters. The zero-order chi connectivity index (χ0) is 90.7. The molecule has 12 aromatic carbocycles. The Labute approximate surface area is 796 Å². The lowest BCUT2D eigenvalue weighted by molar-refractivity contribution is 1.23. The van der Waals surface area contributed by atoms with E-state index in [1.54, 1.807) is 0 Å². The Kier molecular flexibility index (Phi) is 14.9. The minimum atomic E-state index is 0.893. The van der Waals surface area contributed by atoms with Crippen molar-refractivity contribution in [2.45, 2.75) is 51.4 Å². The maximum Gasteiger partial charge on any atom is 0.165 e. The average molecular weight is 1790 g/mol. The summed E-state index contributed by atoms with van der Waals surface area (Å²) in [6.45, 7) is 0. The predicted octanol–water partition coefficient (Wildman–Crippen LogP) is 26.9. The molecule has 0 bridgehead atoms. The van der Waals surface area contributed by atoms with Crippen LogP contribution in [0, 0.1) is 0 Å². The predicted molar refractivity (Wildman–Crippen MR) is 559 cm³/mol. The highest BCUT2D eigenvalue weighted by Crippen LogP contribution is 2.57. The molecule has 16 heterocycles. The normalized spacial score (nSPS) is 13.5. The van der Waals surface area contributed by atoms with Crippen LogP contribution in [0.1, 0.15) is 89.0 Å². The Balaban J connectivity index is 0.0000000829. The van der Waals surface area contributed by atoms with E-state index in [0.717, 1.165) is 183 Å². The van der Waals surface area contributed by atoms with Gasteiger partial charge in [0, 0.05) is 133 Å². The highest BCUT2D eigenvalue weighted by atomic mass is 15.1. The summed E-state index contributed by atoms with van der Waals surface area (Å²) >= 11 is 0. The summed E-state index contributed by atoms with van der Waals surface area (Å²) in [7, 11) is 0. The molecular formula is C124H72N16. The fraction of sp³-hybridized carbons (Fsp3) is 0.0645. The van der Waals surface area contributed by atoms with Crippen LogP contribution in [0.5, 0.6) is 0 Å². The average Bonchev–Trinajstić information content (AvgIpc) is 1.55. The van der Waals surface area contributed by atoms with Gasteiger partial charge in [0.2, 0.25) is 0 Å². The molecule has 8 aliphatic carbocycles. The molecule has 16 nitrogen and oxygen atoms in total. The van der Waals surface area contributed by atoms with Crippen LogP contribution in [0.25, 0.3) is 243 Å².